The third kappa shape index (κ3) is 6.96. The van der Waals surface area contributed by atoms with Crippen molar-refractivity contribution >= 4 is 39.9 Å². The van der Waals surface area contributed by atoms with Crippen molar-refractivity contribution in [1.82, 2.24) is 0 Å². The number of rotatable bonds is 2. The van der Waals surface area contributed by atoms with Crippen molar-refractivity contribution in [3.05, 3.63) is 22.5 Å². The summed E-state index contributed by atoms with van der Waals surface area (Å²) in [5.74, 6) is -1.84. The molecule has 0 aliphatic rings. The molecule has 5 heteroatoms. The van der Waals surface area contributed by atoms with Gasteiger partial charge >= 0.3 is 0 Å². The Morgan fingerprint density at radius 1 is 1.36 bits per heavy atom. The molecule has 0 aliphatic carbocycles. The minimum absolute atomic E-state index is 0.628. The maximum atomic E-state index is 10.7. The molecule has 0 saturated heterocycles. The van der Waals surface area contributed by atoms with E-state index in [9.17, 15) is 4.57 Å². The molecule has 0 aromatic rings. The maximum Gasteiger partial charge on any atom is 0.274 e. The summed E-state index contributed by atoms with van der Waals surface area (Å²) in [7, 11) is 0. The first-order valence-corrected chi connectivity index (χ1v) is 6.80. The van der Waals surface area contributed by atoms with Crippen LogP contribution in [-0.2, 0) is 4.57 Å². The topological polar surface area (TPSA) is 17.1 Å². The molecule has 0 fully saturated rings. The van der Waals surface area contributed by atoms with E-state index in [1.54, 1.807) is 19.9 Å². The second-order valence-electron chi connectivity index (χ2n) is 2.03. The van der Waals surface area contributed by atoms with Gasteiger partial charge in [-0.15, -0.1) is 0 Å². The molecule has 0 bridgehead atoms. The van der Waals surface area contributed by atoms with Crippen LogP contribution >= 0.6 is 39.9 Å². The molecule has 0 amide bonds. The van der Waals surface area contributed by atoms with Gasteiger partial charge in [-0.2, -0.15) is 0 Å². The molecule has 0 N–H and O–H groups in total. The van der Waals surface area contributed by atoms with E-state index in [2.05, 4.69) is 0 Å². The van der Waals surface area contributed by atoms with E-state index >= 15 is 0 Å². The lowest BCUT2D eigenvalue weighted by molar-refractivity contribution is 0.597. The summed E-state index contributed by atoms with van der Waals surface area (Å²) in [5, 5.41) is 0.628. The van der Waals surface area contributed by atoms with Crippen molar-refractivity contribution < 1.29 is 4.57 Å². The highest BCUT2D eigenvalue weighted by atomic mass is 35.9. The molecule has 0 heterocycles. The van der Waals surface area contributed by atoms with Crippen molar-refractivity contribution in [2.45, 2.75) is 13.8 Å². The SMILES string of the molecule is C/C(Cl)=C(C)/C=C/P(=O)(Cl)Cl. The first-order valence-electron chi connectivity index (χ1n) is 2.84. The van der Waals surface area contributed by atoms with E-state index < -0.39 is 5.85 Å². The molecule has 1 nitrogen and oxygen atoms in total. The molecule has 0 radical (unpaired) electrons. The number of halogens is 3. The molecule has 11 heavy (non-hydrogen) atoms. The summed E-state index contributed by atoms with van der Waals surface area (Å²) >= 11 is 16.1. The molecule has 0 rings (SSSR count). The van der Waals surface area contributed by atoms with Crippen LogP contribution in [0.1, 0.15) is 13.8 Å². The molecule has 64 valence electrons. The smallest absolute Gasteiger partial charge is 0.274 e. The van der Waals surface area contributed by atoms with Gasteiger partial charge in [-0.25, -0.2) is 0 Å². The molecular formula is C6H8Cl3OP. The summed E-state index contributed by atoms with van der Waals surface area (Å²) in [4.78, 5) is 0. The van der Waals surface area contributed by atoms with Gasteiger partial charge in [-0.1, -0.05) is 17.7 Å². The van der Waals surface area contributed by atoms with Crippen LogP contribution in [0.15, 0.2) is 22.5 Å². The summed E-state index contributed by atoms with van der Waals surface area (Å²) in [6.07, 6.45) is 1.54. The summed E-state index contributed by atoms with van der Waals surface area (Å²) in [6.45, 7) is 3.51. The van der Waals surface area contributed by atoms with Gasteiger partial charge in [0.25, 0.3) is 5.85 Å². The summed E-state index contributed by atoms with van der Waals surface area (Å²) in [5.41, 5.74) is 0.799. The average molecular weight is 233 g/mol. The Labute approximate surface area is 81.0 Å². The number of hydrogen-bond donors (Lipinski definition) is 0. The van der Waals surface area contributed by atoms with Gasteiger partial charge < -0.3 is 0 Å². The first kappa shape index (κ1) is 11.6. The van der Waals surface area contributed by atoms with E-state index in [0.29, 0.717) is 5.03 Å². The van der Waals surface area contributed by atoms with Crippen molar-refractivity contribution in [2.75, 3.05) is 0 Å². The van der Waals surface area contributed by atoms with Crippen LogP contribution in [-0.4, -0.2) is 0 Å². The van der Waals surface area contributed by atoms with Gasteiger partial charge in [0.2, 0.25) is 0 Å². The second kappa shape index (κ2) is 4.57. The minimum atomic E-state index is -3.09. The van der Waals surface area contributed by atoms with Gasteiger partial charge in [-0.05, 0) is 41.9 Å². The Balaban J connectivity index is 4.40. The monoisotopic (exact) mass is 232 g/mol. The minimum Gasteiger partial charge on any atom is -0.285 e. The first-order chi connectivity index (χ1) is 4.83. The highest BCUT2D eigenvalue weighted by Crippen LogP contribution is 2.58. The van der Waals surface area contributed by atoms with E-state index in [1.165, 1.54) is 5.82 Å². The van der Waals surface area contributed by atoms with E-state index in [-0.39, 0.29) is 0 Å². The molecule has 0 aromatic carbocycles. The second-order valence-corrected chi connectivity index (χ2v) is 7.44. The fourth-order valence-electron chi connectivity index (χ4n) is 0.313. The third-order valence-electron chi connectivity index (χ3n) is 1.04. The Bertz CT molecular complexity index is 234. The predicted molar refractivity (Wildman–Crippen MR) is 52.7 cm³/mol. The Hall–Kier alpha value is 0.580. The Morgan fingerprint density at radius 2 is 1.82 bits per heavy atom. The van der Waals surface area contributed by atoms with Crippen molar-refractivity contribution in [3.8, 4) is 0 Å². The zero-order valence-electron chi connectivity index (χ0n) is 6.14. The molecule has 0 atom stereocenters. The van der Waals surface area contributed by atoms with E-state index in [4.69, 9.17) is 34.1 Å². The van der Waals surface area contributed by atoms with Gasteiger partial charge in [0.1, 0.15) is 0 Å². The maximum absolute atomic E-state index is 10.7. The molecule has 0 spiro atoms. The molecule has 0 aliphatic heterocycles. The van der Waals surface area contributed by atoms with Gasteiger partial charge in [0.15, 0.2) is 0 Å². The predicted octanol–water partition coefficient (Wildman–Crippen LogP) is 4.70. The normalized spacial score (nSPS) is 15.4. The van der Waals surface area contributed by atoms with Crippen LogP contribution in [0.5, 0.6) is 0 Å². The van der Waals surface area contributed by atoms with Crippen LogP contribution in [0, 0.1) is 0 Å². The van der Waals surface area contributed by atoms with Crippen LogP contribution in [0.3, 0.4) is 0 Å². The zero-order chi connectivity index (χ0) is 9.07. The number of allylic oxidation sites excluding steroid dienone is 3. The Kier molecular flexibility index (Phi) is 4.81. The van der Waals surface area contributed by atoms with Crippen LogP contribution in [0.4, 0.5) is 0 Å². The van der Waals surface area contributed by atoms with Gasteiger partial charge in [-0.3, -0.25) is 4.57 Å². The summed E-state index contributed by atoms with van der Waals surface area (Å²) < 4.78 is 10.7. The lowest BCUT2D eigenvalue weighted by Gasteiger charge is -1.93. The molecule has 0 saturated carbocycles. The third-order valence-corrected chi connectivity index (χ3v) is 2.51. The quantitative estimate of drug-likeness (QED) is 0.499. The van der Waals surface area contributed by atoms with Crippen LogP contribution < -0.4 is 0 Å². The van der Waals surface area contributed by atoms with Crippen molar-refractivity contribution in [2.24, 2.45) is 0 Å². The Morgan fingerprint density at radius 3 is 2.09 bits per heavy atom. The number of hydrogen-bond acceptors (Lipinski definition) is 1. The van der Waals surface area contributed by atoms with E-state index in [1.807, 2.05) is 0 Å². The molecule has 0 unspecified atom stereocenters. The van der Waals surface area contributed by atoms with Crippen molar-refractivity contribution in [3.63, 3.8) is 0 Å². The largest absolute Gasteiger partial charge is 0.285 e. The highest BCUT2D eigenvalue weighted by molar-refractivity contribution is 8.10. The zero-order valence-corrected chi connectivity index (χ0v) is 9.31. The highest BCUT2D eigenvalue weighted by Gasteiger charge is 2.06. The van der Waals surface area contributed by atoms with E-state index in [0.717, 1.165) is 5.57 Å². The van der Waals surface area contributed by atoms with Crippen molar-refractivity contribution in [1.29, 1.82) is 0 Å². The van der Waals surface area contributed by atoms with Gasteiger partial charge in [0, 0.05) is 10.8 Å². The lowest BCUT2D eigenvalue weighted by Crippen LogP contribution is -1.68. The average Bonchev–Trinajstić information content (AvgIpc) is 1.80. The molecular weight excluding hydrogens is 225 g/mol. The fourth-order valence-corrected chi connectivity index (χ4v) is 1.11. The van der Waals surface area contributed by atoms with Crippen LogP contribution in [0.25, 0.3) is 0 Å². The standard InChI is InChI=1S/C6H8Cl3OP/c1-5(6(2)7)3-4-11(8,9)10/h3-4H,1-2H3/b4-3+,6-5-. The van der Waals surface area contributed by atoms with Gasteiger partial charge in [0.05, 0.1) is 0 Å². The van der Waals surface area contributed by atoms with Crippen LogP contribution in [0.2, 0.25) is 0 Å². The molecule has 0 aromatic heterocycles. The fraction of sp³-hybridized carbons (Fsp3) is 0.333. The lowest BCUT2D eigenvalue weighted by atomic mass is 10.3. The summed E-state index contributed by atoms with van der Waals surface area (Å²) in [6, 6.07) is 0.